The number of rotatable bonds is 4. The van der Waals surface area contributed by atoms with Gasteiger partial charge in [0, 0.05) is 19.3 Å². The second-order valence-corrected chi connectivity index (χ2v) is 3.34. The highest BCUT2D eigenvalue weighted by atomic mass is 16.5. The number of carbonyl (C=O) groups is 1. The van der Waals surface area contributed by atoms with Crippen LogP contribution in [0.2, 0.25) is 0 Å². The molecule has 82 valence electrons. The molecule has 0 fully saturated rings. The smallest absolute Gasteiger partial charge is 0.249 e. The van der Waals surface area contributed by atoms with Gasteiger partial charge in [-0.25, -0.2) is 0 Å². The standard InChI is InChI=1S/C11H16N2O2/c1-8(15-2)11(14)13-7-9-3-5-10(12)6-4-9/h3-6,8H,7,12H2,1-2H3,(H,13,14). The lowest BCUT2D eigenvalue weighted by Crippen LogP contribution is -2.33. The fourth-order valence-electron chi connectivity index (χ4n) is 1.08. The minimum Gasteiger partial charge on any atom is -0.399 e. The van der Waals surface area contributed by atoms with Crippen LogP contribution in [-0.2, 0) is 16.1 Å². The second-order valence-electron chi connectivity index (χ2n) is 3.34. The highest BCUT2D eigenvalue weighted by Gasteiger charge is 2.09. The van der Waals surface area contributed by atoms with Crippen molar-refractivity contribution >= 4 is 11.6 Å². The van der Waals surface area contributed by atoms with E-state index in [-0.39, 0.29) is 5.91 Å². The van der Waals surface area contributed by atoms with Gasteiger partial charge >= 0.3 is 0 Å². The maximum Gasteiger partial charge on any atom is 0.249 e. The molecule has 4 nitrogen and oxygen atoms in total. The molecule has 4 heteroatoms. The molecule has 0 bridgehead atoms. The Morgan fingerprint density at radius 3 is 2.60 bits per heavy atom. The summed E-state index contributed by atoms with van der Waals surface area (Å²) in [6, 6.07) is 7.38. The van der Waals surface area contributed by atoms with Crippen LogP contribution in [-0.4, -0.2) is 19.1 Å². The number of methoxy groups -OCH3 is 1. The molecule has 1 rings (SSSR count). The maximum absolute atomic E-state index is 11.4. The van der Waals surface area contributed by atoms with Crippen LogP contribution in [0.25, 0.3) is 0 Å². The average molecular weight is 208 g/mol. The molecule has 1 amide bonds. The molecule has 0 heterocycles. The van der Waals surface area contributed by atoms with Crippen LogP contribution in [0, 0.1) is 0 Å². The molecular weight excluding hydrogens is 192 g/mol. The van der Waals surface area contributed by atoms with Crippen LogP contribution in [0.3, 0.4) is 0 Å². The molecule has 0 saturated heterocycles. The molecule has 0 saturated carbocycles. The van der Waals surface area contributed by atoms with Gasteiger partial charge in [0.05, 0.1) is 0 Å². The number of nitrogens with one attached hydrogen (secondary N) is 1. The first-order valence-electron chi connectivity index (χ1n) is 4.78. The van der Waals surface area contributed by atoms with Crippen LogP contribution in [0.5, 0.6) is 0 Å². The normalized spacial score (nSPS) is 12.1. The zero-order valence-corrected chi connectivity index (χ0v) is 8.99. The van der Waals surface area contributed by atoms with Crippen LogP contribution in [0.1, 0.15) is 12.5 Å². The highest BCUT2D eigenvalue weighted by Crippen LogP contribution is 2.04. The van der Waals surface area contributed by atoms with Gasteiger partial charge in [0.2, 0.25) is 5.91 Å². The summed E-state index contributed by atoms with van der Waals surface area (Å²) in [6.07, 6.45) is -0.418. The number of nitrogen functional groups attached to an aromatic ring is 1. The van der Waals surface area contributed by atoms with E-state index in [2.05, 4.69) is 5.32 Å². The Hall–Kier alpha value is -1.55. The first kappa shape index (κ1) is 11.5. The number of hydrogen-bond donors (Lipinski definition) is 2. The summed E-state index contributed by atoms with van der Waals surface area (Å²) >= 11 is 0. The average Bonchev–Trinajstić information content (AvgIpc) is 2.26. The van der Waals surface area contributed by atoms with Gasteiger partial charge in [-0.15, -0.1) is 0 Å². The van der Waals surface area contributed by atoms with E-state index < -0.39 is 6.10 Å². The number of ether oxygens (including phenoxy) is 1. The first-order valence-corrected chi connectivity index (χ1v) is 4.78. The van der Waals surface area contributed by atoms with E-state index in [0.29, 0.717) is 6.54 Å². The predicted molar refractivity (Wildman–Crippen MR) is 59.2 cm³/mol. The molecule has 0 aromatic heterocycles. The quantitative estimate of drug-likeness (QED) is 0.723. The van der Waals surface area contributed by atoms with Crippen molar-refractivity contribution in [3.8, 4) is 0 Å². The summed E-state index contributed by atoms with van der Waals surface area (Å²) in [5.41, 5.74) is 7.28. The van der Waals surface area contributed by atoms with Gasteiger partial charge < -0.3 is 15.8 Å². The van der Waals surface area contributed by atoms with Gasteiger partial charge in [-0.3, -0.25) is 4.79 Å². The molecule has 0 aliphatic heterocycles. The fourth-order valence-corrected chi connectivity index (χ4v) is 1.08. The maximum atomic E-state index is 11.4. The molecule has 1 aromatic carbocycles. The van der Waals surface area contributed by atoms with Crippen LogP contribution >= 0.6 is 0 Å². The number of benzene rings is 1. The Kier molecular flexibility index (Phi) is 4.12. The summed E-state index contributed by atoms with van der Waals surface area (Å²) in [5, 5.41) is 2.76. The molecule has 15 heavy (non-hydrogen) atoms. The topological polar surface area (TPSA) is 64.3 Å². The van der Waals surface area contributed by atoms with Crippen LogP contribution in [0.4, 0.5) is 5.69 Å². The number of hydrogen-bond acceptors (Lipinski definition) is 3. The molecule has 3 N–H and O–H groups in total. The fraction of sp³-hybridized carbons (Fsp3) is 0.364. The van der Waals surface area contributed by atoms with E-state index in [1.54, 1.807) is 19.1 Å². The Morgan fingerprint density at radius 1 is 1.47 bits per heavy atom. The predicted octanol–water partition coefficient (Wildman–Crippen LogP) is 0.920. The van der Waals surface area contributed by atoms with E-state index in [1.165, 1.54) is 7.11 Å². The minimum atomic E-state index is -0.418. The highest BCUT2D eigenvalue weighted by molar-refractivity contribution is 5.80. The first-order chi connectivity index (χ1) is 7.13. The summed E-state index contributed by atoms with van der Waals surface area (Å²) in [5.74, 6) is -0.116. The van der Waals surface area contributed by atoms with Gasteiger partial charge in [-0.05, 0) is 24.6 Å². The van der Waals surface area contributed by atoms with Crippen molar-refractivity contribution in [1.29, 1.82) is 0 Å². The van der Waals surface area contributed by atoms with E-state index in [0.717, 1.165) is 11.3 Å². The van der Waals surface area contributed by atoms with Crippen molar-refractivity contribution in [3.63, 3.8) is 0 Å². The largest absolute Gasteiger partial charge is 0.399 e. The molecule has 0 aliphatic carbocycles. The Morgan fingerprint density at radius 2 is 2.07 bits per heavy atom. The third-order valence-electron chi connectivity index (χ3n) is 2.17. The summed E-state index contributed by atoms with van der Waals surface area (Å²) in [6.45, 7) is 2.20. The number of nitrogens with two attached hydrogens (primary N) is 1. The molecule has 1 unspecified atom stereocenters. The van der Waals surface area contributed by atoms with E-state index >= 15 is 0 Å². The Labute approximate surface area is 89.4 Å². The van der Waals surface area contributed by atoms with Crippen LogP contribution < -0.4 is 11.1 Å². The van der Waals surface area contributed by atoms with Gasteiger partial charge in [0.25, 0.3) is 0 Å². The molecule has 1 aromatic rings. The lowest BCUT2D eigenvalue weighted by molar-refractivity contribution is -0.130. The van der Waals surface area contributed by atoms with E-state index in [4.69, 9.17) is 10.5 Å². The third kappa shape index (κ3) is 3.59. The molecule has 0 spiro atoms. The van der Waals surface area contributed by atoms with Crippen molar-refractivity contribution < 1.29 is 9.53 Å². The van der Waals surface area contributed by atoms with Crippen LogP contribution in [0.15, 0.2) is 24.3 Å². The zero-order valence-electron chi connectivity index (χ0n) is 8.99. The van der Waals surface area contributed by atoms with Gasteiger partial charge in [0.15, 0.2) is 0 Å². The van der Waals surface area contributed by atoms with Gasteiger partial charge in [-0.2, -0.15) is 0 Å². The SMILES string of the molecule is COC(C)C(=O)NCc1ccc(N)cc1. The number of carbonyl (C=O) groups excluding carboxylic acids is 1. The number of anilines is 1. The number of amides is 1. The van der Waals surface area contributed by atoms with E-state index in [9.17, 15) is 4.79 Å². The van der Waals surface area contributed by atoms with Crippen molar-refractivity contribution in [2.45, 2.75) is 19.6 Å². The minimum absolute atomic E-state index is 0.116. The summed E-state index contributed by atoms with van der Waals surface area (Å²) in [7, 11) is 1.51. The Balaban J connectivity index is 2.43. The monoisotopic (exact) mass is 208 g/mol. The molecule has 1 atom stereocenters. The third-order valence-corrected chi connectivity index (χ3v) is 2.17. The van der Waals surface area contributed by atoms with Crippen molar-refractivity contribution in [2.75, 3.05) is 12.8 Å². The molecule has 0 aliphatic rings. The lowest BCUT2D eigenvalue weighted by atomic mass is 10.2. The molecule has 0 radical (unpaired) electrons. The van der Waals surface area contributed by atoms with Gasteiger partial charge in [0.1, 0.15) is 6.10 Å². The van der Waals surface area contributed by atoms with E-state index in [1.807, 2.05) is 12.1 Å². The van der Waals surface area contributed by atoms with Crippen molar-refractivity contribution in [2.24, 2.45) is 0 Å². The van der Waals surface area contributed by atoms with Crippen molar-refractivity contribution in [3.05, 3.63) is 29.8 Å². The van der Waals surface area contributed by atoms with Crippen molar-refractivity contribution in [1.82, 2.24) is 5.32 Å². The summed E-state index contributed by atoms with van der Waals surface area (Å²) < 4.78 is 4.89. The zero-order chi connectivity index (χ0) is 11.3. The summed E-state index contributed by atoms with van der Waals surface area (Å²) in [4.78, 5) is 11.4. The van der Waals surface area contributed by atoms with Gasteiger partial charge in [-0.1, -0.05) is 12.1 Å². The lowest BCUT2D eigenvalue weighted by Gasteiger charge is -2.10. The molecular formula is C11H16N2O2. The Bertz CT molecular complexity index is 322. The second kappa shape index (κ2) is 5.36.